The summed E-state index contributed by atoms with van der Waals surface area (Å²) in [6.07, 6.45) is 4.33. The third kappa shape index (κ3) is 11.8. The van der Waals surface area contributed by atoms with E-state index in [9.17, 15) is 18.4 Å². The zero-order valence-corrected chi connectivity index (χ0v) is 28.4. The van der Waals surface area contributed by atoms with Gasteiger partial charge < -0.3 is 15.5 Å². The summed E-state index contributed by atoms with van der Waals surface area (Å²) >= 11 is 1.50. The summed E-state index contributed by atoms with van der Waals surface area (Å²) in [7, 11) is 0. The molecule has 0 radical (unpaired) electrons. The molecule has 1 aromatic heterocycles. The highest BCUT2D eigenvalue weighted by atomic mass is 32.1. The van der Waals surface area contributed by atoms with Crippen LogP contribution in [0.15, 0.2) is 72.2 Å². The Hall–Kier alpha value is -3.95. The Labute approximate surface area is 276 Å². The van der Waals surface area contributed by atoms with Gasteiger partial charge in [-0.2, -0.15) is 0 Å². The Bertz CT molecular complexity index is 1490. The monoisotopic (exact) mass is 648 g/mol. The van der Waals surface area contributed by atoms with E-state index in [4.69, 9.17) is 0 Å². The number of aromatic nitrogens is 1. The first-order valence-corrected chi connectivity index (χ1v) is 16.8. The van der Waals surface area contributed by atoms with Gasteiger partial charge in [-0.15, -0.1) is 11.3 Å². The normalized spacial score (nSPS) is 10.8. The number of nitrogens with one attached hydrogen (secondary N) is 2. The number of carbonyl (C=O) groups excluding carboxylic acids is 2. The summed E-state index contributed by atoms with van der Waals surface area (Å²) < 4.78 is 24.4. The zero-order chi connectivity index (χ0) is 33.5. The number of hydrogen-bond donors (Lipinski definition) is 2. The number of thiazole rings is 1. The predicted molar refractivity (Wildman–Crippen MR) is 184 cm³/mol. The van der Waals surface area contributed by atoms with Crippen molar-refractivity contribution in [3.8, 4) is 10.6 Å². The lowest BCUT2D eigenvalue weighted by atomic mass is 10.0. The van der Waals surface area contributed by atoms with Gasteiger partial charge in [-0.1, -0.05) is 52.0 Å². The molecule has 46 heavy (non-hydrogen) atoms. The molecule has 0 unspecified atom stereocenters. The van der Waals surface area contributed by atoms with Crippen LogP contribution in [0.1, 0.15) is 90.3 Å². The van der Waals surface area contributed by atoms with Crippen LogP contribution in [0, 0.1) is 18.6 Å². The highest BCUT2D eigenvalue weighted by molar-refractivity contribution is 7.13. The van der Waals surface area contributed by atoms with Crippen LogP contribution in [0.2, 0.25) is 0 Å². The van der Waals surface area contributed by atoms with Crippen molar-refractivity contribution in [2.24, 2.45) is 0 Å². The van der Waals surface area contributed by atoms with Crippen LogP contribution < -0.4 is 10.6 Å². The Kier molecular flexibility index (Phi) is 15.0. The average Bonchev–Trinajstić information content (AvgIpc) is 3.57. The van der Waals surface area contributed by atoms with E-state index in [1.54, 1.807) is 19.2 Å². The summed E-state index contributed by atoms with van der Waals surface area (Å²) in [5, 5.41) is 9.18. The topological polar surface area (TPSA) is 74.3 Å². The van der Waals surface area contributed by atoms with E-state index in [2.05, 4.69) is 67.6 Å². The summed E-state index contributed by atoms with van der Waals surface area (Å²) in [6.45, 7) is 13.7. The van der Waals surface area contributed by atoms with Gasteiger partial charge in [-0.3, -0.25) is 9.59 Å². The van der Waals surface area contributed by atoms with E-state index in [0.717, 1.165) is 49.0 Å². The fourth-order valence-corrected chi connectivity index (χ4v) is 5.54. The molecule has 0 aliphatic carbocycles. The molecule has 0 aliphatic heterocycles. The number of rotatable bonds is 14. The third-order valence-electron chi connectivity index (χ3n) is 7.17. The second kappa shape index (κ2) is 18.9. The predicted octanol–water partition coefficient (Wildman–Crippen LogP) is 8.38. The minimum Gasteiger partial charge on any atom is -0.352 e. The van der Waals surface area contributed by atoms with Crippen LogP contribution in [0.4, 0.5) is 8.78 Å². The molecule has 0 bridgehead atoms. The smallest absolute Gasteiger partial charge is 0.253 e. The lowest BCUT2D eigenvalue weighted by molar-refractivity contribution is 0.0755. The quantitative estimate of drug-likeness (QED) is 0.135. The molecule has 4 aromatic rings. The van der Waals surface area contributed by atoms with Gasteiger partial charge in [0.05, 0.1) is 0 Å². The number of benzene rings is 3. The first kappa shape index (κ1) is 36.5. The first-order chi connectivity index (χ1) is 22.1. The molecule has 9 heteroatoms. The van der Waals surface area contributed by atoms with Crippen LogP contribution in [-0.4, -0.2) is 47.9 Å². The lowest BCUT2D eigenvalue weighted by Crippen LogP contribution is -2.33. The minimum atomic E-state index is -0.521. The maximum Gasteiger partial charge on any atom is 0.253 e. The molecule has 1 heterocycles. The SMILES string of the molecule is CCCN(CCC)C(=O)c1cc(C(=O)NCCCNCc2cccc(C(C)C)c2)cc(-c2nccs2)c1.Cc1cc(F)cc(F)c1. The van der Waals surface area contributed by atoms with E-state index in [1.807, 2.05) is 22.4 Å². The number of carbonyl (C=O) groups is 2. The van der Waals surface area contributed by atoms with Gasteiger partial charge in [-0.05, 0) is 85.7 Å². The van der Waals surface area contributed by atoms with E-state index in [-0.39, 0.29) is 11.8 Å². The Morgan fingerprint density at radius 3 is 2.22 bits per heavy atom. The molecule has 0 atom stereocenters. The van der Waals surface area contributed by atoms with Gasteiger partial charge in [0, 0.05) is 60.5 Å². The molecule has 2 amide bonds. The molecule has 3 aromatic carbocycles. The van der Waals surface area contributed by atoms with E-state index in [0.29, 0.717) is 42.2 Å². The van der Waals surface area contributed by atoms with Crippen molar-refractivity contribution >= 4 is 23.2 Å². The van der Waals surface area contributed by atoms with Gasteiger partial charge in [0.15, 0.2) is 0 Å². The average molecular weight is 649 g/mol. The van der Waals surface area contributed by atoms with Gasteiger partial charge in [0.1, 0.15) is 16.6 Å². The van der Waals surface area contributed by atoms with Crippen LogP contribution in [0.25, 0.3) is 10.6 Å². The number of aryl methyl sites for hydroxylation is 1. The van der Waals surface area contributed by atoms with Crippen LogP contribution in [0.5, 0.6) is 0 Å². The molecule has 0 aliphatic rings. The van der Waals surface area contributed by atoms with Gasteiger partial charge in [0.2, 0.25) is 0 Å². The van der Waals surface area contributed by atoms with Crippen LogP contribution >= 0.6 is 11.3 Å². The first-order valence-electron chi connectivity index (χ1n) is 16.0. The van der Waals surface area contributed by atoms with E-state index >= 15 is 0 Å². The Morgan fingerprint density at radius 1 is 0.913 bits per heavy atom. The highest BCUT2D eigenvalue weighted by Gasteiger charge is 2.19. The largest absolute Gasteiger partial charge is 0.352 e. The summed E-state index contributed by atoms with van der Waals surface area (Å²) in [5.41, 5.74) is 5.03. The second-order valence-corrected chi connectivity index (χ2v) is 12.5. The van der Waals surface area contributed by atoms with Crippen molar-refractivity contribution in [2.45, 2.75) is 66.3 Å². The summed E-state index contributed by atoms with van der Waals surface area (Å²) in [5.74, 6) is -0.738. The van der Waals surface area contributed by atoms with E-state index in [1.165, 1.54) is 34.6 Å². The van der Waals surface area contributed by atoms with E-state index < -0.39 is 11.6 Å². The molecule has 4 rings (SSSR count). The molecule has 0 saturated carbocycles. The maximum absolute atomic E-state index is 13.3. The summed E-state index contributed by atoms with van der Waals surface area (Å²) in [4.78, 5) is 32.6. The number of amides is 2. The van der Waals surface area contributed by atoms with Crippen molar-refractivity contribution in [3.05, 3.63) is 112 Å². The van der Waals surface area contributed by atoms with Gasteiger partial charge in [-0.25, -0.2) is 13.8 Å². The minimum absolute atomic E-state index is 0.0399. The highest BCUT2D eigenvalue weighted by Crippen LogP contribution is 2.25. The standard InChI is InChI=1S/C30H40N4O2S.C7H6F2/c1-5-14-34(15-6-2)30(36)27-19-25(18-26(20-27)29-33-13-16-37-29)28(35)32-12-8-11-31-21-23-9-7-10-24(17-23)22(3)4;1-5-2-6(8)4-7(9)3-5/h7,9-10,13,16-20,22,31H,5-6,8,11-12,14-15,21H2,1-4H3,(H,32,35);2-4H,1H3. The van der Waals surface area contributed by atoms with Gasteiger partial charge >= 0.3 is 0 Å². The third-order valence-corrected chi connectivity index (χ3v) is 7.99. The Balaban J connectivity index is 0.000000549. The van der Waals surface area contributed by atoms with Crippen molar-refractivity contribution in [3.63, 3.8) is 0 Å². The second-order valence-electron chi connectivity index (χ2n) is 11.6. The molecule has 0 fully saturated rings. The fourth-order valence-electron chi connectivity index (χ4n) is 4.91. The molecule has 0 spiro atoms. The van der Waals surface area contributed by atoms with Crippen LogP contribution in [-0.2, 0) is 6.54 Å². The van der Waals surface area contributed by atoms with Crippen molar-refractivity contribution in [1.82, 2.24) is 20.5 Å². The molecule has 246 valence electrons. The molecule has 6 nitrogen and oxygen atoms in total. The van der Waals surface area contributed by atoms with Gasteiger partial charge in [0.25, 0.3) is 11.8 Å². The number of halogens is 2. The molecule has 0 saturated heterocycles. The fraction of sp³-hybridized carbons (Fsp3) is 0.378. The maximum atomic E-state index is 13.3. The van der Waals surface area contributed by atoms with Crippen LogP contribution in [0.3, 0.4) is 0 Å². The molecular weight excluding hydrogens is 602 g/mol. The summed E-state index contributed by atoms with van der Waals surface area (Å²) in [6, 6.07) is 17.5. The molecule has 2 N–H and O–H groups in total. The zero-order valence-electron chi connectivity index (χ0n) is 27.5. The van der Waals surface area contributed by atoms with Crippen molar-refractivity contribution in [1.29, 1.82) is 0 Å². The number of nitrogens with zero attached hydrogens (tertiary/aromatic N) is 2. The lowest BCUT2D eigenvalue weighted by Gasteiger charge is -2.22. The van der Waals surface area contributed by atoms with Crippen molar-refractivity contribution in [2.75, 3.05) is 26.2 Å². The number of hydrogen-bond acceptors (Lipinski definition) is 5. The molecular formula is C37H46F2N4O2S. The Morgan fingerprint density at radius 2 is 1.61 bits per heavy atom. The van der Waals surface area contributed by atoms with Crippen molar-refractivity contribution < 1.29 is 18.4 Å².